The van der Waals surface area contributed by atoms with Crippen molar-refractivity contribution in [2.24, 2.45) is 0 Å². The molecule has 0 amide bonds. The number of benzene rings is 2. The van der Waals surface area contributed by atoms with Gasteiger partial charge in [-0.05, 0) is 30.3 Å². The highest BCUT2D eigenvalue weighted by Gasteiger charge is 2.52. The van der Waals surface area contributed by atoms with Crippen LogP contribution in [0.4, 0.5) is 39.5 Å². The molecular weight excluding hydrogens is 495 g/mol. The van der Waals surface area contributed by atoms with Crippen LogP contribution in [0, 0.1) is 0 Å². The second-order valence-corrected chi connectivity index (χ2v) is 7.29. The van der Waals surface area contributed by atoms with Gasteiger partial charge in [0, 0.05) is 10.8 Å². The van der Waals surface area contributed by atoms with E-state index in [1.807, 2.05) is 0 Å². The van der Waals surface area contributed by atoms with Gasteiger partial charge < -0.3 is 14.0 Å². The molecule has 2 heterocycles. The first-order valence-electron chi connectivity index (χ1n) is 9.61. The molecule has 0 N–H and O–H groups in total. The van der Waals surface area contributed by atoms with Crippen molar-refractivity contribution in [1.29, 1.82) is 0 Å². The largest absolute Gasteiger partial charge is 0.497 e. The van der Waals surface area contributed by atoms with Crippen LogP contribution in [0.5, 0.6) is 11.5 Å². The second kappa shape index (κ2) is 7.95. The molecule has 0 unspecified atom stereocenters. The van der Waals surface area contributed by atoms with Crippen molar-refractivity contribution in [2.75, 3.05) is 14.2 Å². The molecule has 186 valence electrons. The lowest BCUT2D eigenvalue weighted by Gasteiger charge is -2.18. The normalized spacial score (nSPS) is 13.0. The maximum atomic E-state index is 14.3. The summed E-state index contributed by atoms with van der Waals surface area (Å²) in [6.45, 7) is 0. The van der Waals surface area contributed by atoms with Gasteiger partial charge in [0.25, 0.3) is 0 Å². The lowest BCUT2D eigenvalue weighted by atomic mass is 10.0. The first kappa shape index (κ1) is 24.5. The maximum absolute atomic E-state index is 14.3. The van der Waals surface area contributed by atoms with Crippen LogP contribution in [-0.4, -0.2) is 23.8 Å². The number of ether oxygens (including phenoxy) is 2. The molecule has 35 heavy (non-hydrogen) atoms. The van der Waals surface area contributed by atoms with E-state index in [1.165, 1.54) is 31.4 Å². The average molecular weight is 508 g/mol. The number of methoxy groups -OCH3 is 2. The van der Waals surface area contributed by atoms with E-state index in [2.05, 4.69) is 4.98 Å². The summed E-state index contributed by atoms with van der Waals surface area (Å²) in [5.74, 6) is -0.319. The third-order valence-corrected chi connectivity index (χ3v) is 5.25. The molecule has 4 nitrogen and oxygen atoms in total. The van der Waals surface area contributed by atoms with Gasteiger partial charge in [-0.3, -0.25) is 0 Å². The molecule has 13 heteroatoms. The van der Waals surface area contributed by atoms with Gasteiger partial charge in [-0.1, -0.05) is 12.1 Å². The van der Waals surface area contributed by atoms with Crippen LogP contribution in [0.25, 0.3) is 27.5 Å². The number of hydrogen-bond donors (Lipinski definition) is 0. The number of alkyl halides is 9. The van der Waals surface area contributed by atoms with E-state index in [1.54, 1.807) is 0 Å². The van der Waals surface area contributed by atoms with Crippen molar-refractivity contribution in [3.63, 3.8) is 0 Å². The predicted octanol–water partition coefficient (Wildman–Crippen LogP) is 7.25. The van der Waals surface area contributed by atoms with Crippen LogP contribution in [0.1, 0.15) is 17.0 Å². The Bertz CT molecular complexity index is 1430. The molecular formula is C22H13F9N2O2. The molecule has 0 spiro atoms. The Morgan fingerprint density at radius 2 is 1.43 bits per heavy atom. The van der Waals surface area contributed by atoms with E-state index in [9.17, 15) is 39.5 Å². The summed E-state index contributed by atoms with van der Waals surface area (Å²) in [5.41, 5.74) is -8.97. The van der Waals surface area contributed by atoms with E-state index in [-0.39, 0.29) is 16.1 Å². The van der Waals surface area contributed by atoms with Crippen molar-refractivity contribution in [3.8, 4) is 17.2 Å². The van der Waals surface area contributed by atoms with Gasteiger partial charge in [0.15, 0.2) is 5.69 Å². The number of hydrogen-bond acceptors (Lipinski definition) is 3. The zero-order chi connectivity index (χ0) is 25.9. The van der Waals surface area contributed by atoms with Gasteiger partial charge in [-0.15, -0.1) is 0 Å². The molecule has 4 aromatic rings. The molecule has 2 aromatic carbocycles. The number of nitrogens with zero attached hydrogens (tertiary/aromatic N) is 2. The summed E-state index contributed by atoms with van der Waals surface area (Å²) in [5, 5.41) is -2.15. The van der Waals surface area contributed by atoms with Crippen LogP contribution in [-0.2, 0) is 18.5 Å². The number of fused-ring (bicyclic) bond motifs is 3. The summed E-state index contributed by atoms with van der Waals surface area (Å²) in [6.07, 6.45) is -17.1. The molecule has 0 aliphatic carbocycles. The van der Waals surface area contributed by atoms with Crippen LogP contribution in [0.3, 0.4) is 0 Å². The van der Waals surface area contributed by atoms with E-state index >= 15 is 0 Å². The van der Waals surface area contributed by atoms with Crippen LogP contribution < -0.4 is 9.47 Å². The Labute approximate surface area is 190 Å². The van der Waals surface area contributed by atoms with Crippen LogP contribution >= 0.6 is 0 Å². The third kappa shape index (κ3) is 3.98. The zero-order valence-corrected chi connectivity index (χ0v) is 17.7. The Morgan fingerprint density at radius 1 is 0.771 bits per heavy atom. The molecule has 0 atom stereocenters. The number of halogens is 9. The summed E-state index contributed by atoms with van der Waals surface area (Å²) < 4.78 is 137. The maximum Gasteiger partial charge on any atom is 0.434 e. The first-order valence-corrected chi connectivity index (χ1v) is 9.61. The lowest BCUT2D eigenvalue weighted by molar-refractivity contribution is -0.164. The smallest absolute Gasteiger partial charge is 0.434 e. The highest BCUT2D eigenvalue weighted by Crippen LogP contribution is 2.52. The van der Waals surface area contributed by atoms with Gasteiger partial charge in [0.2, 0.25) is 0 Å². The number of rotatable bonds is 3. The first-order chi connectivity index (χ1) is 16.2. The van der Waals surface area contributed by atoms with Gasteiger partial charge in [0.1, 0.15) is 17.2 Å². The molecule has 0 fully saturated rings. The van der Waals surface area contributed by atoms with Crippen molar-refractivity contribution in [1.82, 2.24) is 9.55 Å². The standard InChI is InChI=1S/C22H13F9N2O2/c1-34-10-7-8-12-11(9-10)17-15(18(32-12)21(26,27)28)16(20(23,24)25)19(22(29,30)31)33(17)13-5-3-4-6-14(13)35-2/h3-9H,1-2H3. The number of aromatic nitrogens is 2. The number of para-hydroxylation sites is 2. The quantitative estimate of drug-likeness (QED) is 0.274. The Hall–Kier alpha value is -3.64. The highest BCUT2D eigenvalue weighted by atomic mass is 19.4. The SMILES string of the molecule is COc1ccc2nc(C(F)(F)F)c3c(C(F)(F)F)c(C(F)(F)F)n(-c4ccccc4OC)c3c2c1. The van der Waals surface area contributed by atoms with Gasteiger partial charge in [0.05, 0.1) is 36.5 Å². The molecule has 4 rings (SSSR count). The minimum atomic E-state index is -5.83. The molecule has 0 aliphatic heterocycles. The Kier molecular flexibility index (Phi) is 5.56. The molecule has 0 bridgehead atoms. The second-order valence-electron chi connectivity index (χ2n) is 7.29. The van der Waals surface area contributed by atoms with E-state index < -0.39 is 63.0 Å². The van der Waals surface area contributed by atoms with E-state index in [0.717, 1.165) is 25.3 Å². The third-order valence-electron chi connectivity index (χ3n) is 5.25. The van der Waals surface area contributed by atoms with Gasteiger partial charge in [-0.2, -0.15) is 39.5 Å². The molecule has 0 saturated heterocycles. The lowest BCUT2D eigenvalue weighted by Crippen LogP contribution is -2.19. The number of pyridine rings is 1. The fourth-order valence-corrected chi connectivity index (χ4v) is 3.97. The van der Waals surface area contributed by atoms with Crippen molar-refractivity contribution in [3.05, 3.63) is 59.4 Å². The van der Waals surface area contributed by atoms with Crippen LogP contribution in [0.15, 0.2) is 42.5 Å². The van der Waals surface area contributed by atoms with E-state index in [4.69, 9.17) is 9.47 Å². The van der Waals surface area contributed by atoms with Gasteiger partial charge in [-0.25, -0.2) is 4.98 Å². The average Bonchev–Trinajstić information content (AvgIpc) is 3.14. The summed E-state index contributed by atoms with van der Waals surface area (Å²) in [7, 11) is 2.24. The minimum Gasteiger partial charge on any atom is -0.497 e. The molecule has 0 aliphatic rings. The zero-order valence-electron chi connectivity index (χ0n) is 17.7. The van der Waals surface area contributed by atoms with Crippen LogP contribution in [0.2, 0.25) is 0 Å². The highest BCUT2D eigenvalue weighted by molar-refractivity contribution is 6.09. The fourth-order valence-electron chi connectivity index (χ4n) is 3.97. The monoisotopic (exact) mass is 508 g/mol. The Morgan fingerprint density at radius 3 is 1.97 bits per heavy atom. The van der Waals surface area contributed by atoms with Crippen molar-refractivity contribution in [2.45, 2.75) is 18.5 Å². The molecule has 0 saturated carbocycles. The molecule has 2 aromatic heterocycles. The van der Waals surface area contributed by atoms with Gasteiger partial charge >= 0.3 is 18.5 Å². The van der Waals surface area contributed by atoms with E-state index in [0.29, 0.717) is 0 Å². The summed E-state index contributed by atoms with van der Waals surface area (Å²) >= 11 is 0. The van der Waals surface area contributed by atoms with Crippen molar-refractivity contribution >= 4 is 21.8 Å². The fraction of sp³-hybridized carbons (Fsp3) is 0.227. The Balaban J connectivity index is 2.46. The van der Waals surface area contributed by atoms with Crippen molar-refractivity contribution < 1.29 is 49.0 Å². The predicted molar refractivity (Wildman–Crippen MR) is 107 cm³/mol. The summed E-state index contributed by atoms with van der Waals surface area (Å²) in [4.78, 5) is 3.30. The summed E-state index contributed by atoms with van der Waals surface area (Å²) in [6, 6.07) is 7.96. The minimum absolute atomic E-state index is 0.0183. The molecule has 0 radical (unpaired) electrons. The topological polar surface area (TPSA) is 36.3 Å².